The van der Waals surface area contributed by atoms with E-state index in [2.05, 4.69) is 10.7 Å². The second kappa shape index (κ2) is 7.65. The summed E-state index contributed by atoms with van der Waals surface area (Å²) in [6, 6.07) is 8.52. The number of piperidine rings is 1. The van der Waals surface area contributed by atoms with E-state index >= 15 is 0 Å². The Labute approximate surface area is 176 Å². The summed E-state index contributed by atoms with van der Waals surface area (Å²) in [6.07, 6.45) is 0.248. The maximum absolute atomic E-state index is 13.2. The van der Waals surface area contributed by atoms with Crippen LogP contribution in [0.2, 0.25) is 0 Å². The van der Waals surface area contributed by atoms with Crippen molar-refractivity contribution >= 4 is 35.2 Å². The number of hydrazine groups is 1. The normalized spacial score (nSPS) is 18.1. The molecule has 31 heavy (non-hydrogen) atoms. The molecule has 2 aromatic carbocycles. The molecule has 0 aromatic heterocycles. The summed E-state index contributed by atoms with van der Waals surface area (Å²) >= 11 is 0. The lowest BCUT2D eigenvalue weighted by Crippen LogP contribution is -2.54. The number of imide groups is 2. The predicted octanol–water partition coefficient (Wildman–Crippen LogP) is 0.0631. The minimum Gasteiger partial charge on any atom is -0.366 e. The molecule has 0 aliphatic carbocycles. The fraction of sp³-hybridized carbons (Fsp3) is 0.190. The van der Waals surface area contributed by atoms with E-state index in [1.807, 2.05) is 0 Å². The van der Waals surface area contributed by atoms with Gasteiger partial charge in [-0.05, 0) is 48.2 Å². The Morgan fingerprint density at radius 2 is 1.87 bits per heavy atom. The van der Waals surface area contributed by atoms with Crippen LogP contribution in [0.25, 0.3) is 0 Å². The Hall–Kier alpha value is -4.05. The second-order valence-corrected chi connectivity index (χ2v) is 7.34. The summed E-state index contributed by atoms with van der Waals surface area (Å²) in [5.74, 6) is 2.50. The average Bonchev–Trinajstić information content (AvgIpc) is 2.99. The lowest BCUT2D eigenvalue weighted by Gasteiger charge is -2.27. The molecular formula is C21H19N5O5. The van der Waals surface area contributed by atoms with Crippen molar-refractivity contribution in [3.05, 3.63) is 64.2 Å². The highest BCUT2D eigenvalue weighted by atomic mass is 16.2. The summed E-state index contributed by atoms with van der Waals surface area (Å²) in [5.41, 5.74) is 10.1. The van der Waals surface area contributed by atoms with Gasteiger partial charge in [-0.25, -0.2) is 0 Å². The zero-order valence-electron chi connectivity index (χ0n) is 16.3. The summed E-state index contributed by atoms with van der Waals surface area (Å²) in [4.78, 5) is 62.6. The molecule has 1 atom stereocenters. The van der Waals surface area contributed by atoms with Gasteiger partial charge in [0.1, 0.15) is 6.04 Å². The minimum absolute atomic E-state index is 0.0392. The third-order valence-corrected chi connectivity index (χ3v) is 5.47. The number of nitrogen functional groups attached to an aromatic ring is 1. The highest BCUT2D eigenvalue weighted by Crippen LogP contribution is 2.31. The van der Waals surface area contributed by atoms with Gasteiger partial charge in [-0.3, -0.25) is 40.0 Å². The Bertz CT molecular complexity index is 1160. The first-order valence-electron chi connectivity index (χ1n) is 9.54. The average molecular weight is 421 g/mol. The molecule has 10 heteroatoms. The van der Waals surface area contributed by atoms with Crippen molar-refractivity contribution in [2.45, 2.75) is 25.3 Å². The Morgan fingerprint density at radius 3 is 2.55 bits per heavy atom. The number of rotatable bonds is 5. The second-order valence-electron chi connectivity index (χ2n) is 7.34. The first kappa shape index (κ1) is 20.2. The van der Waals surface area contributed by atoms with Crippen LogP contribution in [0.5, 0.6) is 0 Å². The van der Waals surface area contributed by atoms with Crippen LogP contribution >= 0.6 is 0 Å². The fourth-order valence-electron chi connectivity index (χ4n) is 4.01. The highest BCUT2D eigenvalue weighted by molar-refractivity contribution is 6.24. The molecule has 2 heterocycles. The van der Waals surface area contributed by atoms with Gasteiger partial charge >= 0.3 is 0 Å². The van der Waals surface area contributed by atoms with Crippen molar-refractivity contribution in [3.63, 3.8) is 0 Å². The molecule has 5 amide bonds. The molecule has 0 radical (unpaired) electrons. The number of nitrogens with two attached hydrogens (primary N) is 2. The van der Waals surface area contributed by atoms with Gasteiger partial charge in [0.15, 0.2) is 0 Å². The van der Waals surface area contributed by atoms with E-state index in [1.165, 1.54) is 12.1 Å². The van der Waals surface area contributed by atoms with E-state index in [0.717, 1.165) is 4.90 Å². The van der Waals surface area contributed by atoms with Crippen molar-refractivity contribution in [2.24, 2.45) is 11.6 Å². The van der Waals surface area contributed by atoms with E-state index < -0.39 is 35.6 Å². The number of carbonyl (C=O) groups is 5. The molecule has 2 aliphatic heterocycles. The Kier molecular flexibility index (Phi) is 4.99. The summed E-state index contributed by atoms with van der Waals surface area (Å²) in [5, 5.41) is 2.17. The van der Waals surface area contributed by atoms with Crippen LogP contribution in [0.15, 0.2) is 36.4 Å². The lowest BCUT2D eigenvalue weighted by atomic mass is 9.94. The highest BCUT2D eigenvalue weighted by Gasteiger charge is 2.45. The molecule has 0 spiro atoms. The van der Waals surface area contributed by atoms with Crippen LogP contribution in [0, 0.1) is 0 Å². The third kappa shape index (κ3) is 3.42. The van der Waals surface area contributed by atoms with Gasteiger partial charge in [0.25, 0.3) is 11.8 Å². The zero-order valence-corrected chi connectivity index (χ0v) is 16.3. The third-order valence-electron chi connectivity index (χ3n) is 5.47. The topological polar surface area (TPSA) is 165 Å². The van der Waals surface area contributed by atoms with Crippen LogP contribution < -0.4 is 22.3 Å². The van der Waals surface area contributed by atoms with Crippen molar-refractivity contribution in [1.29, 1.82) is 0 Å². The maximum atomic E-state index is 13.2. The number of amides is 5. The first-order chi connectivity index (χ1) is 14.8. The standard InChI is InChI=1S/C21H19N5O5/c22-18(28)13-5-4-12(25-23)9-11(13)8-10-2-1-3-14-17(10)21(31)26(20(14)30)15-6-7-16(27)24-19(15)29/h1-5,9,15,25H,6-8,23H2,(H2,22,28)(H,24,27,29). The molecule has 2 aliphatic rings. The molecule has 0 bridgehead atoms. The number of anilines is 1. The molecule has 1 saturated heterocycles. The number of benzene rings is 2. The molecule has 1 unspecified atom stereocenters. The van der Waals surface area contributed by atoms with E-state index in [9.17, 15) is 24.0 Å². The molecule has 6 N–H and O–H groups in total. The van der Waals surface area contributed by atoms with Crippen molar-refractivity contribution in [2.75, 3.05) is 5.43 Å². The maximum Gasteiger partial charge on any atom is 0.262 e. The quantitative estimate of drug-likeness (QED) is 0.301. The van der Waals surface area contributed by atoms with E-state index in [-0.39, 0.29) is 36.0 Å². The van der Waals surface area contributed by atoms with Crippen LogP contribution in [0.4, 0.5) is 5.69 Å². The largest absolute Gasteiger partial charge is 0.366 e. The molecule has 10 nitrogen and oxygen atoms in total. The van der Waals surface area contributed by atoms with E-state index in [4.69, 9.17) is 11.6 Å². The number of carbonyl (C=O) groups excluding carboxylic acids is 5. The molecule has 0 saturated carbocycles. The molecule has 1 fully saturated rings. The van der Waals surface area contributed by atoms with Crippen molar-refractivity contribution in [3.8, 4) is 0 Å². The molecule has 158 valence electrons. The molecular weight excluding hydrogens is 402 g/mol. The zero-order chi connectivity index (χ0) is 22.3. The van der Waals surface area contributed by atoms with Gasteiger partial charge in [0, 0.05) is 17.7 Å². The smallest absolute Gasteiger partial charge is 0.262 e. The number of hydrogen-bond donors (Lipinski definition) is 4. The van der Waals surface area contributed by atoms with E-state index in [0.29, 0.717) is 16.8 Å². The van der Waals surface area contributed by atoms with Gasteiger partial charge < -0.3 is 11.2 Å². The number of hydrogen-bond acceptors (Lipinski definition) is 7. The van der Waals surface area contributed by atoms with Crippen LogP contribution in [-0.4, -0.2) is 40.5 Å². The monoisotopic (exact) mass is 421 g/mol. The summed E-state index contributed by atoms with van der Waals surface area (Å²) in [7, 11) is 0. The number of nitrogens with one attached hydrogen (secondary N) is 2. The molecule has 4 rings (SSSR count). The van der Waals surface area contributed by atoms with Gasteiger partial charge in [0.05, 0.1) is 11.1 Å². The first-order valence-corrected chi connectivity index (χ1v) is 9.54. The van der Waals surface area contributed by atoms with Crippen LogP contribution in [-0.2, 0) is 16.0 Å². The summed E-state index contributed by atoms with van der Waals surface area (Å²) in [6.45, 7) is 0. The summed E-state index contributed by atoms with van der Waals surface area (Å²) < 4.78 is 0. The Balaban J connectivity index is 1.73. The predicted molar refractivity (Wildman–Crippen MR) is 109 cm³/mol. The van der Waals surface area contributed by atoms with Crippen molar-refractivity contribution < 1.29 is 24.0 Å². The van der Waals surface area contributed by atoms with Crippen LogP contribution in [0.3, 0.4) is 0 Å². The van der Waals surface area contributed by atoms with Gasteiger partial charge in [-0.1, -0.05) is 12.1 Å². The van der Waals surface area contributed by atoms with Gasteiger partial charge in [0.2, 0.25) is 17.7 Å². The van der Waals surface area contributed by atoms with Gasteiger partial charge in [-0.15, -0.1) is 0 Å². The van der Waals surface area contributed by atoms with Crippen LogP contribution in [0.1, 0.15) is 55.0 Å². The van der Waals surface area contributed by atoms with Gasteiger partial charge in [-0.2, -0.15) is 0 Å². The fourth-order valence-corrected chi connectivity index (χ4v) is 4.01. The minimum atomic E-state index is -1.05. The van der Waals surface area contributed by atoms with Crippen molar-refractivity contribution in [1.82, 2.24) is 10.2 Å². The number of primary amides is 1. The SMILES string of the molecule is NNc1ccc(C(N)=O)c(Cc2cccc3c2C(=O)N(C2CCC(=O)NC2=O)C3=O)c1. The number of nitrogens with zero attached hydrogens (tertiary/aromatic N) is 1. The molecule has 2 aromatic rings. The Morgan fingerprint density at radius 1 is 1.10 bits per heavy atom. The lowest BCUT2D eigenvalue weighted by molar-refractivity contribution is -0.136. The van der Waals surface area contributed by atoms with E-state index in [1.54, 1.807) is 24.3 Å². The number of fused-ring (bicyclic) bond motifs is 1.